The van der Waals surface area contributed by atoms with Gasteiger partial charge < -0.3 is 0 Å². The van der Waals surface area contributed by atoms with Gasteiger partial charge in [0.2, 0.25) is 0 Å². The van der Waals surface area contributed by atoms with Crippen LogP contribution in [0, 0.1) is 11.6 Å². The van der Waals surface area contributed by atoms with Crippen LogP contribution in [-0.4, -0.2) is 0 Å². The van der Waals surface area contributed by atoms with E-state index < -0.39 is 17.0 Å². The van der Waals surface area contributed by atoms with Crippen molar-refractivity contribution in [3.05, 3.63) is 57.6 Å². The monoisotopic (exact) mass is 314 g/mol. The van der Waals surface area contributed by atoms with Gasteiger partial charge in [0.05, 0.1) is 5.02 Å². The predicted molar refractivity (Wildman–Crippen MR) is 80.5 cm³/mol. The van der Waals surface area contributed by atoms with Crippen molar-refractivity contribution in [1.29, 1.82) is 0 Å². The average molecular weight is 315 g/mol. The van der Waals surface area contributed by atoms with E-state index in [-0.39, 0.29) is 10.0 Å². The highest BCUT2D eigenvalue weighted by molar-refractivity contribution is 6.31. The summed E-state index contributed by atoms with van der Waals surface area (Å²) in [4.78, 5) is 0. The predicted octanol–water partition coefficient (Wildman–Crippen LogP) is 6.24. The molecule has 0 aromatic heterocycles. The first kappa shape index (κ1) is 15.3. The zero-order valence-corrected chi connectivity index (χ0v) is 12.9. The fourth-order valence-electron chi connectivity index (χ4n) is 2.02. The van der Waals surface area contributed by atoms with Crippen LogP contribution in [0.15, 0.2) is 30.3 Å². The summed E-state index contributed by atoms with van der Waals surface area (Å²) in [6, 6.07) is 7.37. The third-order valence-electron chi connectivity index (χ3n) is 3.03. The van der Waals surface area contributed by atoms with E-state index in [1.165, 1.54) is 18.2 Å². The molecular formula is C16H14Cl2F2. The molecule has 106 valence electrons. The largest absolute Gasteiger partial charge is 0.207 e. The van der Waals surface area contributed by atoms with Gasteiger partial charge in [-0.1, -0.05) is 44.0 Å². The Morgan fingerprint density at radius 1 is 0.850 bits per heavy atom. The van der Waals surface area contributed by atoms with Crippen molar-refractivity contribution < 1.29 is 8.78 Å². The Bertz CT molecular complexity index is 638. The molecule has 0 bridgehead atoms. The summed E-state index contributed by atoms with van der Waals surface area (Å²) >= 11 is 11.8. The first-order valence-corrected chi connectivity index (χ1v) is 6.90. The van der Waals surface area contributed by atoms with Gasteiger partial charge in [0.25, 0.3) is 0 Å². The number of benzene rings is 2. The van der Waals surface area contributed by atoms with Crippen LogP contribution >= 0.6 is 23.2 Å². The number of rotatable bonds is 1. The Morgan fingerprint density at radius 3 is 2.00 bits per heavy atom. The second-order valence-electron chi connectivity index (χ2n) is 5.73. The van der Waals surface area contributed by atoms with Gasteiger partial charge in [-0.25, -0.2) is 8.78 Å². The lowest BCUT2D eigenvalue weighted by molar-refractivity contribution is 0.523. The zero-order valence-electron chi connectivity index (χ0n) is 11.4. The molecule has 20 heavy (non-hydrogen) atoms. The van der Waals surface area contributed by atoms with Crippen LogP contribution in [0.5, 0.6) is 0 Å². The summed E-state index contributed by atoms with van der Waals surface area (Å²) in [5.74, 6) is -0.879. The molecule has 2 aromatic carbocycles. The Morgan fingerprint density at radius 2 is 1.45 bits per heavy atom. The van der Waals surface area contributed by atoms with Gasteiger partial charge in [-0.2, -0.15) is 0 Å². The van der Waals surface area contributed by atoms with Crippen LogP contribution < -0.4 is 0 Å². The maximum absolute atomic E-state index is 14.1. The minimum Gasteiger partial charge on any atom is -0.207 e. The van der Waals surface area contributed by atoms with Crippen LogP contribution in [-0.2, 0) is 5.41 Å². The fourth-order valence-corrected chi connectivity index (χ4v) is 2.46. The van der Waals surface area contributed by atoms with Gasteiger partial charge in [0.15, 0.2) is 0 Å². The third-order valence-corrected chi connectivity index (χ3v) is 3.53. The summed E-state index contributed by atoms with van der Waals surface area (Å²) in [5, 5.41) is 0.311. The molecule has 0 radical (unpaired) electrons. The minimum atomic E-state index is -0.440. The van der Waals surface area contributed by atoms with Crippen molar-refractivity contribution in [1.82, 2.24) is 0 Å². The summed E-state index contributed by atoms with van der Waals surface area (Å²) in [6.07, 6.45) is 0. The number of hydrogen-bond donors (Lipinski definition) is 0. The average Bonchev–Trinajstić information content (AvgIpc) is 2.29. The molecule has 0 aliphatic carbocycles. The van der Waals surface area contributed by atoms with E-state index in [9.17, 15) is 8.78 Å². The quantitative estimate of drug-likeness (QED) is 0.584. The fraction of sp³-hybridized carbons (Fsp3) is 0.250. The summed E-state index contributed by atoms with van der Waals surface area (Å²) in [7, 11) is 0. The summed E-state index contributed by atoms with van der Waals surface area (Å²) in [6.45, 7) is 5.68. The number of halogens is 4. The Labute approximate surface area is 127 Å². The van der Waals surface area contributed by atoms with Crippen LogP contribution in [0.3, 0.4) is 0 Å². The van der Waals surface area contributed by atoms with Crippen LogP contribution in [0.1, 0.15) is 26.3 Å². The molecule has 0 saturated carbocycles. The third kappa shape index (κ3) is 3.13. The zero-order chi connectivity index (χ0) is 15.1. The first-order chi connectivity index (χ1) is 9.18. The SMILES string of the molecule is CC(C)(C)c1cc(-c2cc(F)cc(Cl)c2)cc(Cl)c1F. The van der Waals surface area contributed by atoms with E-state index in [1.807, 2.05) is 20.8 Å². The highest BCUT2D eigenvalue weighted by Crippen LogP contribution is 2.35. The van der Waals surface area contributed by atoms with E-state index in [4.69, 9.17) is 23.2 Å². The number of hydrogen-bond acceptors (Lipinski definition) is 0. The van der Waals surface area contributed by atoms with Crippen molar-refractivity contribution in [3.8, 4) is 11.1 Å². The molecule has 0 spiro atoms. The van der Waals surface area contributed by atoms with Crippen LogP contribution in [0.4, 0.5) is 8.78 Å². The molecule has 0 saturated heterocycles. The Kier molecular flexibility index (Phi) is 4.08. The van der Waals surface area contributed by atoms with Gasteiger partial charge in [-0.05, 0) is 52.4 Å². The van der Waals surface area contributed by atoms with Crippen molar-refractivity contribution >= 4 is 23.2 Å². The molecule has 0 atom stereocenters. The molecule has 0 heterocycles. The van der Waals surface area contributed by atoms with Gasteiger partial charge >= 0.3 is 0 Å². The highest BCUT2D eigenvalue weighted by atomic mass is 35.5. The summed E-state index contributed by atoms with van der Waals surface area (Å²) < 4.78 is 27.6. The van der Waals surface area contributed by atoms with E-state index in [0.29, 0.717) is 16.7 Å². The molecule has 0 fully saturated rings. The molecule has 0 aliphatic rings. The van der Waals surface area contributed by atoms with Gasteiger partial charge in [0.1, 0.15) is 11.6 Å². The van der Waals surface area contributed by atoms with Gasteiger partial charge in [-0.3, -0.25) is 0 Å². The molecule has 0 unspecified atom stereocenters. The lowest BCUT2D eigenvalue weighted by Gasteiger charge is -2.21. The second kappa shape index (κ2) is 5.34. The van der Waals surface area contributed by atoms with Crippen LogP contribution in [0.2, 0.25) is 10.0 Å². The normalized spacial score (nSPS) is 11.8. The Balaban J connectivity index is 2.67. The molecule has 2 rings (SSSR count). The molecular weight excluding hydrogens is 301 g/mol. The lowest BCUT2D eigenvalue weighted by atomic mass is 9.85. The van der Waals surface area contributed by atoms with E-state index in [2.05, 4.69) is 0 Å². The smallest absolute Gasteiger partial charge is 0.145 e. The second-order valence-corrected chi connectivity index (χ2v) is 6.57. The molecule has 0 amide bonds. The van der Waals surface area contributed by atoms with Crippen molar-refractivity contribution in [2.45, 2.75) is 26.2 Å². The molecule has 2 aromatic rings. The topological polar surface area (TPSA) is 0 Å². The van der Waals surface area contributed by atoms with Crippen molar-refractivity contribution in [2.75, 3.05) is 0 Å². The lowest BCUT2D eigenvalue weighted by Crippen LogP contribution is -2.14. The van der Waals surface area contributed by atoms with Crippen LogP contribution in [0.25, 0.3) is 11.1 Å². The standard InChI is InChI=1S/C16H14Cl2F2/c1-16(2,3)13-6-10(7-14(18)15(13)20)9-4-11(17)8-12(19)5-9/h4-8H,1-3H3. The van der Waals surface area contributed by atoms with Gasteiger partial charge in [-0.15, -0.1) is 0 Å². The maximum atomic E-state index is 14.1. The van der Waals surface area contributed by atoms with Gasteiger partial charge in [0, 0.05) is 5.02 Å². The highest BCUT2D eigenvalue weighted by Gasteiger charge is 2.21. The van der Waals surface area contributed by atoms with E-state index in [0.717, 1.165) is 0 Å². The summed E-state index contributed by atoms with van der Waals surface area (Å²) in [5.41, 5.74) is 1.30. The minimum absolute atomic E-state index is 0.0211. The maximum Gasteiger partial charge on any atom is 0.145 e. The van der Waals surface area contributed by atoms with E-state index in [1.54, 1.807) is 12.1 Å². The molecule has 4 heteroatoms. The van der Waals surface area contributed by atoms with Crippen molar-refractivity contribution in [3.63, 3.8) is 0 Å². The molecule has 0 nitrogen and oxygen atoms in total. The van der Waals surface area contributed by atoms with E-state index >= 15 is 0 Å². The van der Waals surface area contributed by atoms with Crippen molar-refractivity contribution in [2.24, 2.45) is 0 Å². The Hall–Kier alpha value is -1.12. The molecule has 0 N–H and O–H groups in total. The molecule has 0 aliphatic heterocycles. The first-order valence-electron chi connectivity index (χ1n) is 6.14.